The van der Waals surface area contributed by atoms with Gasteiger partial charge in [-0.15, -0.1) is 0 Å². The van der Waals surface area contributed by atoms with Crippen LogP contribution in [0.15, 0.2) is 78.4 Å². The fourth-order valence-electron chi connectivity index (χ4n) is 4.13. The van der Waals surface area contributed by atoms with Gasteiger partial charge in [-0.3, -0.25) is 14.5 Å². The molecule has 1 aromatic heterocycles. The van der Waals surface area contributed by atoms with Gasteiger partial charge < -0.3 is 14.6 Å². The van der Waals surface area contributed by atoms with E-state index < -0.39 is 17.7 Å². The number of thiazole rings is 1. The van der Waals surface area contributed by atoms with E-state index >= 15 is 0 Å². The summed E-state index contributed by atoms with van der Waals surface area (Å²) in [5.74, 6) is -0.396. The number of fused-ring (bicyclic) bond motifs is 1. The van der Waals surface area contributed by atoms with Crippen molar-refractivity contribution in [3.8, 4) is 11.5 Å². The summed E-state index contributed by atoms with van der Waals surface area (Å²) in [5, 5.41) is 11.5. The molecule has 0 bridgehead atoms. The summed E-state index contributed by atoms with van der Waals surface area (Å²) in [6.07, 6.45) is 0. The molecule has 1 aliphatic rings. The summed E-state index contributed by atoms with van der Waals surface area (Å²) in [6, 6.07) is 20.5. The van der Waals surface area contributed by atoms with E-state index in [9.17, 15) is 14.7 Å². The minimum Gasteiger partial charge on any atom is -0.507 e. The smallest absolute Gasteiger partial charge is 0.301 e. The number of aliphatic hydroxyl groups excluding tert-OH is 1. The summed E-state index contributed by atoms with van der Waals surface area (Å²) in [6.45, 7) is 2.41. The number of benzene rings is 3. The minimum atomic E-state index is -0.853. The zero-order valence-corrected chi connectivity index (χ0v) is 19.9. The number of carbonyl (C=O) groups is 2. The Bertz CT molecular complexity index is 1440. The molecule has 2 heterocycles. The maximum absolute atomic E-state index is 13.4. The largest absolute Gasteiger partial charge is 0.507 e. The van der Waals surface area contributed by atoms with Gasteiger partial charge in [-0.25, -0.2) is 4.98 Å². The molecule has 0 radical (unpaired) electrons. The van der Waals surface area contributed by atoms with Gasteiger partial charge in [0.25, 0.3) is 5.78 Å². The molecule has 0 spiro atoms. The Hall–Kier alpha value is -4.17. The van der Waals surface area contributed by atoms with Crippen molar-refractivity contribution in [1.29, 1.82) is 0 Å². The first-order valence-electron chi connectivity index (χ1n) is 11.1. The van der Waals surface area contributed by atoms with Crippen molar-refractivity contribution in [2.75, 3.05) is 18.6 Å². The standard InChI is InChI=1S/C27H22N2O5S/c1-3-34-18-11-9-16(10-12-18)23-22(24(30)17-7-5-4-6-8-17)25(31)26(32)29(23)27-28-20-14-13-19(33-2)15-21(20)35-27/h4-15,23,30H,3H2,1-2H3/b24-22+/t23-/m0/s1. The summed E-state index contributed by atoms with van der Waals surface area (Å²) in [7, 11) is 1.58. The van der Waals surface area contributed by atoms with Crippen molar-refractivity contribution in [3.05, 3.63) is 89.5 Å². The molecule has 1 fully saturated rings. The van der Waals surface area contributed by atoms with E-state index in [1.807, 2.05) is 19.1 Å². The number of ketones is 1. The Morgan fingerprint density at radius 1 is 1.03 bits per heavy atom. The van der Waals surface area contributed by atoms with Gasteiger partial charge in [0.15, 0.2) is 5.13 Å². The van der Waals surface area contributed by atoms with E-state index in [1.165, 1.54) is 16.2 Å². The topological polar surface area (TPSA) is 89.0 Å². The Kier molecular flexibility index (Phi) is 5.96. The highest BCUT2D eigenvalue weighted by Crippen LogP contribution is 2.44. The van der Waals surface area contributed by atoms with E-state index in [-0.39, 0.29) is 11.3 Å². The second kappa shape index (κ2) is 9.23. The summed E-state index contributed by atoms with van der Waals surface area (Å²) in [4.78, 5) is 32.6. The van der Waals surface area contributed by atoms with Crippen LogP contribution in [0.4, 0.5) is 5.13 Å². The number of aromatic nitrogens is 1. The molecule has 1 amide bonds. The van der Waals surface area contributed by atoms with E-state index in [4.69, 9.17) is 9.47 Å². The highest BCUT2D eigenvalue weighted by atomic mass is 32.1. The number of hydrogen-bond acceptors (Lipinski definition) is 7. The SMILES string of the molecule is CCOc1ccc([C@H]2/C(=C(\O)c3ccccc3)C(=O)C(=O)N2c2nc3ccc(OC)cc3s2)cc1. The third-order valence-corrected chi connectivity index (χ3v) is 6.81. The number of ether oxygens (including phenoxy) is 2. The Morgan fingerprint density at radius 3 is 2.43 bits per heavy atom. The first-order valence-corrected chi connectivity index (χ1v) is 11.9. The van der Waals surface area contributed by atoms with Crippen LogP contribution in [-0.2, 0) is 9.59 Å². The molecule has 5 rings (SSSR count). The van der Waals surface area contributed by atoms with Crippen molar-refractivity contribution in [1.82, 2.24) is 4.98 Å². The molecule has 0 unspecified atom stereocenters. The van der Waals surface area contributed by atoms with Crippen molar-refractivity contribution < 1.29 is 24.2 Å². The lowest BCUT2D eigenvalue weighted by Crippen LogP contribution is -2.29. The molecule has 4 aromatic rings. The van der Waals surface area contributed by atoms with Gasteiger partial charge in [-0.05, 0) is 42.8 Å². The van der Waals surface area contributed by atoms with Crippen LogP contribution in [0.1, 0.15) is 24.1 Å². The number of aliphatic hydroxyl groups is 1. The molecule has 0 saturated carbocycles. The molecule has 0 aliphatic carbocycles. The molecule has 8 heteroatoms. The Labute approximate surface area is 205 Å². The Morgan fingerprint density at radius 2 is 1.74 bits per heavy atom. The Balaban J connectivity index is 1.69. The molecular weight excluding hydrogens is 464 g/mol. The predicted molar refractivity (Wildman–Crippen MR) is 135 cm³/mol. The number of anilines is 1. The maximum atomic E-state index is 13.4. The van der Waals surface area contributed by atoms with E-state index in [0.29, 0.717) is 39.9 Å². The van der Waals surface area contributed by atoms with Crippen LogP contribution in [0.5, 0.6) is 11.5 Å². The van der Waals surface area contributed by atoms with Gasteiger partial charge in [0.2, 0.25) is 0 Å². The zero-order chi connectivity index (χ0) is 24.5. The van der Waals surface area contributed by atoms with E-state index in [1.54, 1.807) is 67.8 Å². The molecular formula is C27H22N2O5S. The van der Waals surface area contributed by atoms with Gasteiger partial charge in [-0.2, -0.15) is 0 Å². The monoisotopic (exact) mass is 486 g/mol. The minimum absolute atomic E-state index is 0.0159. The molecule has 1 aliphatic heterocycles. The van der Waals surface area contributed by atoms with Crippen molar-refractivity contribution in [2.24, 2.45) is 0 Å². The van der Waals surface area contributed by atoms with Crippen LogP contribution < -0.4 is 14.4 Å². The average molecular weight is 487 g/mol. The predicted octanol–water partition coefficient (Wildman–Crippen LogP) is 5.33. The molecule has 176 valence electrons. The lowest BCUT2D eigenvalue weighted by molar-refractivity contribution is -0.132. The second-order valence-corrected chi connectivity index (χ2v) is 8.88. The van der Waals surface area contributed by atoms with Gasteiger partial charge >= 0.3 is 5.91 Å². The number of carbonyl (C=O) groups excluding carboxylic acids is 2. The second-order valence-electron chi connectivity index (χ2n) is 7.87. The lowest BCUT2D eigenvalue weighted by atomic mass is 9.95. The number of amides is 1. The number of Topliss-reactive ketones (excluding diaryl/α,β-unsaturated/α-hetero) is 1. The van der Waals surface area contributed by atoms with Gasteiger partial charge in [0.05, 0.1) is 35.5 Å². The lowest BCUT2D eigenvalue weighted by Gasteiger charge is -2.23. The van der Waals surface area contributed by atoms with Crippen LogP contribution in [0.3, 0.4) is 0 Å². The normalized spacial score (nSPS) is 17.2. The van der Waals surface area contributed by atoms with Crippen molar-refractivity contribution in [3.63, 3.8) is 0 Å². The third-order valence-electron chi connectivity index (χ3n) is 5.79. The number of nitrogens with zero attached hydrogens (tertiary/aromatic N) is 2. The average Bonchev–Trinajstić information content (AvgIpc) is 3.42. The summed E-state index contributed by atoms with van der Waals surface area (Å²) >= 11 is 1.28. The first kappa shape index (κ1) is 22.6. The van der Waals surface area contributed by atoms with Crippen LogP contribution in [0, 0.1) is 0 Å². The molecule has 3 aromatic carbocycles. The fraction of sp³-hybridized carbons (Fsp3) is 0.148. The van der Waals surface area contributed by atoms with E-state index in [0.717, 1.165) is 4.70 Å². The van der Waals surface area contributed by atoms with Crippen molar-refractivity contribution >= 4 is 44.1 Å². The van der Waals surface area contributed by atoms with Crippen LogP contribution in [0.25, 0.3) is 16.0 Å². The van der Waals surface area contributed by atoms with Crippen LogP contribution in [0.2, 0.25) is 0 Å². The summed E-state index contributed by atoms with van der Waals surface area (Å²) < 4.78 is 11.7. The zero-order valence-electron chi connectivity index (χ0n) is 19.1. The van der Waals surface area contributed by atoms with Gasteiger partial charge in [-0.1, -0.05) is 53.8 Å². The number of methoxy groups -OCH3 is 1. The fourth-order valence-corrected chi connectivity index (χ4v) is 5.15. The highest BCUT2D eigenvalue weighted by Gasteiger charge is 2.48. The highest BCUT2D eigenvalue weighted by molar-refractivity contribution is 7.22. The van der Waals surface area contributed by atoms with Crippen molar-refractivity contribution in [2.45, 2.75) is 13.0 Å². The number of hydrogen-bond donors (Lipinski definition) is 1. The molecule has 7 nitrogen and oxygen atoms in total. The summed E-state index contributed by atoms with van der Waals surface area (Å²) in [5.41, 5.74) is 1.81. The number of rotatable bonds is 6. The molecule has 1 N–H and O–H groups in total. The third kappa shape index (κ3) is 4.02. The van der Waals surface area contributed by atoms with Gasteiger partial charge in [0.1, 0.15) is 17.3 Å². The van der Waals surface area contributed by atoms with Gasteiger partial charge in [0, 0.05) is 5.56 Å². The first-order chi connectivity index (χ1) is 17.0. The van der Waals surface area contributed by atoms with E-state index in [2.05, 4.69) is 4.98 Å². The molecule has 1 saturated heterocycles. The molecule has 1 atom stereocenters. The maximum Gasteiger partial charge on any atom is 0.301 e. The quantitative estimate of drug-likeness (QED) is 0.225. The molecule has 35 heavy (non-hydrogen) atoms. The van der Waals surface area contributed by atoms with Crippen LogP contribution >= 0.6 is 11.3 Å². The van der Waals surface area contributed by atoms with Crippen LogP contribution in [-0.4, -0.2) is 35.5 Å².